The molecule has 7 aromatic rings. The molecule has 0 bridgehead atoms. The normalized spacial score (nSPS) is 14.7. The lowest BCUT2D eigenvalue weighted by Crippen LogP contribution is -2.43. The molecule has 2 heteroatoms. The maximum absolute atomic E-state index is 6.33. The van der Waals surface area contributed by atoms with Crippen molar-refractivity contribution in [3.8, 4) is 22.3 Å². The van der Waals surface area contributed by atoms with Gasteiger partial charge in [0.2, 0.25) is 0 Å². The zero-order chi connectivity index (χ0) is 30.1. The highest BCUT2D eigenvalue weighted by molar-refractivity contribution is 6.13. The molecule has 0 saturated carbocycles. The van der Waals surface area contributed by atoms with Gasteiger partial charge in [-0.1, -0.05) is 119 Å². The van der Waals surface area contributed by atoms with E-state index in [-0.39, 0.29) is 10.8 Å². The Morgan fingerprint density at radius 1 is 0.477 bits per heavy atom. The van der Waals surface area contributed by atoms with E-state index in [1.165, 1.54) is 33.4 Å². The van der Waals surface area contributed by atoms with Gasteiger partial charge in [-0.25, -0.2) is 0 Å². The number of para-hydroxylation sites is 2. The first kappa shape index (κ1) is 26.5. The Morgan fingerprint density at radius 2 is 1.09 bits per heavy atom. The van der Waals surface area contributed by atoms with Crippen LogP contribution in [0.3, 0.4) is 0 Å². The number of anilines is 3. The third-order valence-electron chi connectivity index (χ3n) is 10.2. The summed E-state index contributed by atoms with van der Waals surface area (Å²) < 4.78 is 6.33. The predicted molar refractivity (Wildman–Crippen MR) is 185 cm³/mol. The standard InChI is InChI=1S/C42H35NO/c1-41(2)35-24-22-29(28-14-7-5-8-15-28)26-33(35)34-27-31(23-25-36(34)42(41,3)4)43(30-16-9-6-10-17-30)37-19-13-21-39-40(37)32-18-11-12-20-38(32)44-39/h5-27H,1-4H3. The second-order valence-electron chi connectivity index (χ2n) is 13.0. The molecule has 44 heavy (non-hydrogen) atoms. The molecule has 1 aromatic heterocycles. The Labute approximate surface area is 259 Å². The van der Waals surface area contributed by atoms with Gasteiger partial charge in [0.15, 0.2) is 0 Å². The second kappa shape index (κ2) is 9.72. The summed E-state index contributed by atoms with van der Waals surface area (Å²) in [6.07, 6.45) is 0. The van der Waals surface area contributed by atoms with Crippen molar-refractivity contribution in [2.75, 3.05) is 4.90 Å². The Kier molecular flexibility index (Phi) is 5.86. The Hall–Kier alpha value is -5.08. The lowest BCUT2D eigenvalue weighted by atomic mass is 9.55. The molecule has 0 N–H and O–H groups in total. The Balaban J connectivity index is 1.40. The average molecular weight is 570 g/mol. The van der Waals surface area contributed by atoms with Gasteiger partial charge >= 0.3 is 0 Å². The van der Waals surface area contributed by atoms with Gasteiger partial charge in [0.05, 0.1) is 11.1 Å². The molecule has 214 valence electrons. The van der Waals surface area contributed by atoms with E-state index in [1.807, 2.05) is 6.07 Å². The fourth-order valence-electron chi connectivity index (χ4n) is 7.18. The fourth-order valence-corrected chi connectivity index (χ4v) is 7.18. The van der Waals surface area contributed by atoms with E-state index < -0.39 is 0 Å². The molecule has 0 unspecified atom stereocenters. The van der Waals surface area contributed by atoms with E-state index in [0.29, 0.717) is 0 Å². The third kappa shape index (κ3) is 3.87. The third-order valence-corrected chi connectivity index (χ3v) is 10.2. The van der Waals surface area contributed by atoms with Gasteiger partial charge in [-0.2, -0.15) is 0 Å². The first-order valence-corrected chi connectivity index (χ1v) is 15.4. The van der Waals surface area contributed by atoms with Crippen molar-refractivity contribution in [2.24, 2.45) is 0 Å². The summed E-state index contributed by atoms with van der Waals surface area (Å²) in [5.41, 5.74) is 12.9. The molecule has 1 aliphatic carbocycles. The van der Waals surface area contributed by atoms with Crippen LogP contribution in [0.4, 0.5) is 17.1 Å². The van der Waals surface area contributed by atoms with Gasteiger partial charge in [-0.3, -0.25) is 0 Å². The van der Waals surface area contributed by atoms with Crippen LogP contribution in [0, 0.1) is 0 Å². The maximum atomic E-state index is 6.33. The van der Waals surface area contributed by atoms with E-state index >= 15 is 0 Å². The van der Waals surface area contributed by atoms with Crippen molar-refractivity contribution in [3.63, 3.8) is 0 Å². The molecule has 0 aliphatic heterocycles. The van der Waals surface area contributed by atoms with Crippen LogP contribution in [0.15, 0.2) is 144 Å². The molecule has 6 aromatic carbocycles. The van der Waals surface area contributed by atoms with Crippen molar-refractivity contribution in [1.29, 1.82) is 0 Å². The lowest BCUT2D eigenvalue weighted by Gasteiger charge is -2.48. The minimum atomic E-state index is -0.0690. The van der Waals surface area contributed by atoms with E-state index in [2.05, 4.69) is 166 Å². The molecular formula is C42H35NO. The van der Waals surface area contributed by atoms with Crippen molar-refractivity contribution < 1.29 is 4.42 Å². The molecule has 1 heterocycles. The molecule has 0 saturated heterocycles. The zero-order valence-corrected chi connectivity index (χ0v) is 25.6. The van der Waals surface area contributed by atoms with Gasteiger partial charge in [-0.15, -0.1) is 0 Å². The second-order valence-corrected chi connectivity index (χ2v) is 13.0. The summed E-state index contributed by atoms with van der Waals surface area (Å²) in [5, 5.41) is 2.25. The van der Waals surface area contributed by atoms with Gasteiger partial charge in [0, 0.05) is 16.8 Å². The average Bonchev–Trinajstić information content (AvgIpc) is 3.44. The number of hydrogen-bond donors (Lipinski definition) is 0. The molecule has 0 spiro atoms. The van der Waals surface area contributed by atoms with Crippen LogP contribution in [-0.2, 0) is 10.8 Å². The topological polar surface area (TPSA) is 16.4 Å². The van der Waals surface area contributed by atoms with Crippen LogP contribution >= 0.6 is 0 Å². The Morgan fingerprint density at radius 3 is 1.84 bits per heavy atom. The van der Waals surface area contributed by atoms with Crippen molar-refractivity contribution in [2.45, 2.75) is 38.5 Å². The minimum Gasteiger partial charge on any atom is -0.456 e. The maximum Gasteiger partial charge on any atom is 0.137 e. The summed E-state index contributed by atoms with van der Waals surface area (Å²) in [4.78, 5) is 2.39. The number of fused-ring (bicyclic) bond motifs is 6. The van der Waals surface area contributed by atoms with Crippen molar-refractivity contribution >= 4 is 39.0 Å². The van der Waals surface area contributed by atoms with Gasteiger partial charge in [0.1, 0.15) is 11.2 Å². The number of furan rings is 1. The Bertz CT molecular complexity index is 2170. The molecule has 8 rings (SSSR count). The van der Waals surface area contributed by atoms with E-state index in [1.54, 1.807) is 0 Å². The number of benzene rings is 6. The SMILES string of the molecule is CC1(C)c2ccc(-c3ccccc3)cc2-c2cc(N(c3ccccc3)c3cccc4oc5ccccc5c34)ccc2C1(C)C. The van der Waals surface area contributed by atoms with Gasteiger partial charge in [0.25, 0.3) is 0 Å². The number of hydrogen-bond acceptors (Lipinski definition) is 2. The van der Waals surface area contributed by atoms with E-state index in [9.17, 15) is 0 Å². The quantitative estimate of drug-likeness (QED) is 0.210. The predicted octanol–water partition coefficient (Wildman–Crippen LogP) is 12.0. The highest BCUT2D eigenvalue weighted by Crippen LogP contribution is 2.55. The highest BCUT2D eigenvalue weighted by Gasteiger charge is 2.46. The van der Waals surface area contributed by atoms with Crippen LogP contribution in [0.2, 0.25) is 0 Å². The highest BCUT2D eigenvalue weighted by atomic mass is 16.3. The molecule has 0 amide bonds. The summed E-state index contributed by atoms with van der Waals surface area (Å²) in [7, 11) is 0. The molecule has 2 nitrogen and oxygen atoms in total. The van der Waals surface area contributed by atoms with Crippen molar-refractivity contribution in [3.05, 3.63) is 151 Å². The smallest absolute Gasteiger partial charge is 0.137 e. The monoisotopic (exact) mass is 569 g/mol. The molecule has 0 fully saturated rings. The summed E-state index contributed by atoms with van der Waals surface area (Å²) >= 11 is 0. The minimum absolute atomic E-state index is 0.0491. The summed E-state index contributed by atoms with van der Waals surface area (Å²) in [6.45, 7) is 9.58. The van der Waals surface area contributed by atoms with Crippen LogP contribution in [0.1, 0.15) is 38.8 Å². The first-order chi connectivity index (χ1) is 21.3. The largest absolute Gasteiger partial charge is 0.456 e. The fraction of sp³-hybridized carbons (Fsp3) is 0.143. The first-order valence-electron chi connectivity index (χ1n) is 15.4. The van der Waals surface area contributed by atoms with Crippen LogP contribution in [0.5, 0.6) is 0 Å². The summed E-state index contributed by atoms with van der Waals surface area (Å²) in [6, 6.07) is 50.3. The molecule has 0 atom stereocenters. The lowest BCUT2D eigenvalue weighted by molar-refractivity contribution is 0.299. The number of rotatable bonds is 4. The van der Waals surface area contributed by atoms with Crippen LogP contribution < -0.4 is 4.90 Å². The molecular weight excluding hydrogens is 534 g/mol. The van der Waals surface area contributed by atoms with Crippen LogP contribution in [-0.4, -0.2) is 0 Å². The van der Waals surface area contributed by atoms with Gasteiger partial charge < -0.3 is 9.32 Å². The van der Waals surface area contributed by atoms with Gasteiger partial charge in [-0.05, 0) is 92.7 Å². The number of nitrogens with zero attached hydrogens (tertiary/aromatic N) is 1. The zero-order valence-electron chi connectivity index (χ0n) is 25.6. The summed E-state index contributed by atoms with van der Waals surface area (Å²) in [5.74, 6) is 0. The van der Waals surface area contributed by atoms with Crippen LogP contribution in [0.25, 0.3) is 44.2 Å². The van der Waals surface area contributed by atoms with E-state index in [4.69, 9.17) is 4.42 Å². The molecule has 1 aliphatic rings. The molecule has 0 radical (unpaired) electrons. The van der Waals surface area contributed by atoms with E-state index in [0.717, 1.165) is 39.0 Å². The van der Waals surface area contributed by atoms with Crippen molar-refractivity contribution in [1.82, 2.24) is 0 Å².